The zero-order valence-corrected chi connectivity index (χ0v) is 9.88. The van der Waals surface area contributed by atoms with Gasteiger partial charge in [0, 0.05) is 25.1 Å². The lowest BCUT2D eigenvalue weighted by Gasteiger charge is -2.26. The van der Waals surface area contributed by atoms with Crippen LogP contribution in [0.3, 0.4) is 0 Å². The van der Waals surface area contributed by atoms with E-state index in [0.29, 0.717) is 0 Å². The molecule has 0 aromatic heterocycles. The molecule has 0 amide bonds. The summed E-state index contributed by atoms with van der Waals surface area (Å²) in [7, 11) is 0. The highest BCUT2D eigenvalue weighted by Crippen LogP contribution is 2.18. The number of rotatable bonds is 6. The summed E-state index contributed by atoms with van der Waals surface area (Å²) in [5.41, 5.74) is 1.34. The first-order valence-corrected chi connectivity index (χ1v) is 5.77. The number of aliphatic hydroxyl groups excluding tert-OH is 1. The monoisotopic (exact) mass is 213 g/mol. The lowest BCUT2D eigenvalue weighted by Crippen LogP contribution is -2.35. The number of nitrogens with one attached hydrogen (secondary N) is 1. The third-order valence-electron chi connectivity index (χ3n) is 3.12. The number of ether oxygens (including phenoxy) is 1. The van der Waals surface area contributed by atoms with Crippen LogP contribution in [0.15, 0.2) is 11.6 Å². The molecule has 3 heteroatoms. The topological polar surface area (TPSA) is 41.5 Å². The van der Waals surface area contributed by atoms with Crippen LogP contribution in [0.25, 0.3) is 0 Å². The molecule has 0 bridgehead atoms. The van der Waals surface area contributed by atoms with Crippen molar-refractivity contribution in [3.63, 3.8) is 0 Å². The quantitative estimate of drug-likeness (QED) is 0.654. The van der Waals surface area contributed by atoms with E-state index in [1.54, 1.807) is 0 Å². The van der Waals surface area contributed by atoms with E-state index in [2.05, 4.69) is 25.2 Å². The van der Waals surface area contributed by atoms with Crippen molar-refractivity contribution in [2.24, 2.45) is 5.41 Å². The standard InChI is InChI=1S/C12H23NO2/c1-3-12(2,10-14)9-13-7-11-5-4-6-15-8-11/h5,13-14H,3-4,6-10H2,1-2H3. The molecular formula is C12H23NO2. The Morgan fingerprint density at radius 2 is 2.40 bits per heavy atom. The highest BCUT2D eigenvalue weighted by molar-refractivity contribution is 5.06. The van der Waals surface area contributed by atoms with E-state index in [9.17, 15) is 5.11 Å². The SMILES string of the molecule is CCC(C)(CO)CNCC1=CCCOC1. The minimum absolute atomic E-state index is 0.0100. The van der Waals surface area contributed by atoms with Gasteiger partial charge in [-0.2, -0.15) is 0 Å². The Bertz CT molecular complexity index is 210. The molecule has 0 fully saturated rings. The number of hydrogen-bond donors (Lipinski definition) is 2. The summed E-state index contributed by atoms with van der Waals surface area (Å²) in [4.78, 5) is 0. The number of hydrogen-bond acceptors (Lipinski definition) is 3. The molecule has 1 rings (SSSR count). The Labute approximate surface area is 92.5 Å². The molecule has 1 heterocycles. The van der Waals surface area contributed by atoms with Gasteiger partial charge in [0.1, 0.15) is 0 Å². The molecule has 3 nitrogen and oxygen atoms in total. The minimum Gasteiger partial charge on any atom is -0.396 e. The Morgan fingerprint density at radius 1 is 1.60 bits per heavy atom. The second-order valence-corrected chi connectivity index (χ2v) is 4.63. The third-order valence-corrected chi connectivity index (χ3v) is 3.12. The predicted molar refractivity (Wildman–Crippen MR) is 61.9 cm³/mol. The highest BCUT2D eigenvalue weighted by Gasteiger charge is 2.20. The van der Waals surface area contributed by atoms with Gasteiger partial charge in [-0.1, -0.05) is 19.9 Å². The molecule has 0 aromatic rings. The molecule has 88 valence electrons. The van der Waals surface area contributed by atoms with Crippen LogP contribution >= 0.6 is 0 Å². The normalized spacial score (nSPS) is 20.9. The summed E-state index contributed by atoms with van der Waals surface area (Å²) >= 11 is 0. The summed E-state index contributed by atoms with van der Waals surface area (Å²) in [5, 5.41) is 12.6. The van der Waals surface area contributed by atoms with Gasteiger partial charge in [0.05, 0.1) is 13.2 Å². The van der Waals surface area contributed by atoms with Gasteiger partial charge >= 0.3 is 0 Å². The average Bonchev–Trinajstić information content (AvgIpc) is 2.30. The van der Waals surface area contributed by atoms with Gasteiger partial charge in [-0.15, -0.1) is 0 Å². The third kappa shape index (κ3) is 4.33. The molecular weight excluding hydrogens is 190 g/mol. The van der Waals surface area contributed by atoms with Crippen molar-refractivity contribution in [1.29, 1.82) is 0 Å². The van der Waals surface area contributed by atoms with Crippen LogP contribution in [0.2, 0.25) is 0 Å². The zero-order chi connectivity index (χ0) is 11.1. The first-order valence-electron chi connectivity index (χ1n) is 5.77. The van der Waals surface area contributed by atoms with E-state index < -0.39 is 0 Å². The first-order chi connectivity index (χ1) is 7.20. The van der Waals surface area contributed by atoms with Gasteiger partial charge in [-0.3, -0.25) is 0 Å². The molecule has 2 N–H and O–H groups in total. The van der Waals surface area contributed by atoms with Gasteiger partial charge in [0.2, 0.25) is 0 Å². The summed E-state index contributed by atoms with van der Waals surface area (Å²) < 4.78 is 5.36. The Balaban J connectivity index is 2.22. The first kappa shape index (κ1) is 12.7. The summed E-state index contributed by atoms with van der Waals surface area (Å²) in [5.74, 6) is 0. The zero-order valence-electron chi connectivity index (χ0n) is 9.88. The van der Waals surface area contributed by atoms with E-state index in [0.717, 1.165) is 39.1 Å². The van der Waals surface area contributed by atoms with Crippen LogP contribution in [-0.4, -0.2) is 38.0 Å². The lowest BCUT2D eigenvalue weighted by molar-refractivity contribution is 0.132. The lowest BCUT2D eigenvalue weighted by atomic mass is 9.88. The van der Waals surface area contributed by atoms with Crippen LogP contribution in [-0.2, 0) is 4.74 Å². The summed E-state index contributed by atoms with van der Waals surface area (Å²) in [6.07, 6.45) is 4.27. The van der Waals surface area contributed by atoms with E-state index >= 15 is 0 Å². The van der Waals surface area contributed by atoms with Gasteiger partial charge in [0.25, 0.3) is 0 Å². The fraction of sp³-hybridized carbons (Fsp3) is 0.833. The van der Waals surface area contributed by atoms with Crippen molar-refractivity contribution in [2.75, 3.05) is 32.9 Å². The van der Waals surface area contributed by atoms with Gasteiger partial charge in [-0.05, 0) is 18.4 Å². The Kier molecular flexibility index (Phi) is 5.29. The Morgan fingerprint density at radius 3 is 2.93 bits per heavy atom. The Hall–Kier alpha value is -0.380. The highest BCUT2D eigenvalue weighted by atomic mass is 16.5. The van der Waals surface area contributed by atoms with Gasteiger partial charge in [0.15, 0.2) is 0 Å². The van der Waals surface area contributed by atoms with Crippen LogP contribution in [0.1, 0.15) is 26.7 Å². The largest absolute Gasteiger partial charge is 0.396 e. The molecule has 15 heavy (non-hydrogen) atoms. The average molecular weight is 213 g/mol. The van der Waals surface area contributed by atoms with Gasteiger partial charge in [-0.25, -0.2) is 0 Å². The van der Waals surface area contributed by atoms with E-state index in [1.807, 2.05) is 0 Å². The van der Waals surface area contributed by atoms with Crippen LogP contribution in [0.4, 0.5) is 0 Å². The smallest absolute Gasteiger partial charge is 0.0689 e. The van der Waals surface area contributed by atoms with Crippen LogP contribution in [0, 0.1) is 5.41 Å². The second-order valence-electron chi connectivity index (χ2n) is 4.63. The maximum Gasteiger partial charge on any atom is 0.0689 e. The molecule has 1 atom stereocenters. The molecule has 1 unspecified atom stereocenters. The van der Waals surface area contributed by atoms with Crippen molar-refractivity contribution in [2.45, 2.75) is 26.7 Å². The van der Waals surface area contributed by atoms with E-state index in [-0.39, 0.29) is 12.0 Å². The molecule has 0 saturated carbocycles. The molecule has 0 saturated heterocycles. The summed E-state index contributed by atoms with van der Waals surface area (Å²) in [6, 6.07) is 0. The predicted octanol–water partition coefficient (Wildman–Crippen LogP) is 1.33. The maximum absolute atomic E-state index is 9.24. The van der Waals surface area contributed by atoms with Crippen molar-refractivity contribution in [3.8, 4) is 0 Å². The maximum atomic E-state index is 9.24. The minimum atomic E-state index is 0.0100. The van der Waals surface area contributed by atoms with Crippen molar-refractivity contribution in [1.82, 2.24) is 5.32 Å². The molecule has 1 aliphatic heterocycles. The molecule has 1 aliphatic rings. The van der Waals surface area contributed by atoms with Crippen LogP contribution in [0.5, 0.6) is 0 Å². The molecule has 0 radical (unpaired) electrons. The van der Waals surface area contributed by atoms with Crippen molar-refractivity contribution in [3.05, 3.63) is 11.6 Å². The van der Waals surface area contributed by atoms with E-state index in [4.69, 9.17) is 4.74 Å². The second kappa shape index (κ2) is 6.26. The fourth-order valence-corrected chi connectivity index (χ4v) is 1.55. The van der Waals surface area contributed by atoms with Crippen molar-refractivity contribution < 1.29 is 9.84 Å². The van der Waals surface area contributed by atoms with Crippen LogP contribution < -0.4 is 5.32 Å². The van der Waals surface area contributed by atoms with E-state index in [1.165, 1.54) is 5.57 Å². The molecule has 0 aromatic carbocycles. The molecule has 0 aliphatic carbocycles. The summed E-state index contributed by atoms with van der Waals surface area (Å²) in [6.45, 7) is 7.81. The molecule has 0 spiro atoms. The van der Waals surface area contributed by atoms with Gasteiger partial charge < -0.3 is 15.2 Å². The van der Waals surface area contributed by atoms with Crippen molar-refractivity contribution >= 4 is 0 Å². The fourth-order valence-electron chi connectivity index (χ4n) is 1.55. The number of aliphatic hydroxyl groups is 1.